The van der Waals surface area contributed by atoms with Crippen molar-refractivity contribution >= 4 is 57.6 Å². The second-order valence-corrected chi connectivity index (χ2v) is 7.21. The number of anilines is 1. The van der Waals surface area contributed by atoms with Gasteiger partial charge in [0.05, 0.1) is 28.3 Å². The molecule has 29 heavy (non-hydrogen) atoms. The highest BCUT2D eigenvalue weighted by Crippen LogP contribution is 2.34. The third kappa shape index (κ3) is 3.87. The number of carbonyl (C=O) groups excluding carboxylic acids is 1. The summed E-state index contributed by atoms with van der Waals surface area (Å²) in [6, 6.07) is 11.4. The molecule has 9 heteroatoms. The van der Waals surface area contributed by atoms with Crippen LogP contribution in [0, 0.1) is 0 Å². The van der Waals surface area contributed by atoms with Crippen LogP contribution in [-0.4, -0.2) is 23.0 Å². The fourth-order valence-electron chi connectivity index (χ4n) is 2.79. The first kappa shape index (κ1) is 19.5. The number of hydrogen-bond donors (Lipinski definition) is 1. The maximum Gasteiger partial charge on any atom is 0.259 e. The third-order valence-corrected chi connectivity index (χ3v) is 4.91. The van der Waals surface area contributed by atoms with E-state index in [1.165, 1.54) is 19.2 Å². The molecule has 1 N–H and O–H groups in total. The molecule has 0 aliphatic carbocycles. The lowest BCUT2D eigenvalue weighted by Crippen LogP contribution is -2.13. The number of pyridine rings is 1. The van der Waals surface area contributed by atoms with Crippen molar-refractivity contribution in [3.05, 3.63) is 69.3 Å². The molecule has 4 rings (SSSR count). The quantitative estimate of drug-likeness (QED) is 0.407. The van der Waals surface area contributed by atoms with Crippen molar-refractivity contribution in [3.8, 4) is 17.2 Å². The number of oxazole rings is 1. The minimum Gasteiger partial charge on any atom is -0.494 e. The molecular weight excluding hydrogens is 437 g/mol. The van der Waals surface area contributed by atoms with Gasteiger partial charge in [-0.2, -0.15) is 4.98 Å². The van der Waals surface area contributed by atoms with Gasteiger partial charge in [0.2, 0.25) is 5.89 Å². The largest absolute Gasteiger partial charge is 0.494 e. The van der Waals surface area contributed by atoms with E-state index in [2.05, 4.69) is 15.3 Å². The topological polar surface area (TPSA) is 77.2 Å². The van der Waals surface area contributed by atoms with Crippen molar-refractivity contribution in [2.45, 2.75) is 0 Å². The second-order valence-electron chi connectivity index (χ2n) is 5.96. The van der Waals surface area contributed by atoms with E-state index in [9.17, 15) is 4.79 Å². The Balaban J connectivity index is 1.69. The molecule has 0 atom stereocenters. The first-order valence-corrected chi connectivity index (χ1v) is 9.45. The molecule has 2 aromatic heterocycles. The van der Waals surface area contributed by atoms with Crippen molar-refractivity contribution in [1.29, 1.82) is 0 Å². The van der Waals surface area contributed by atoms with Gasteiger partial charge in [-0.25, -0.2) is 4.98 Å². The number of nitrogens with one attached hydrogen (secondary N) is 1. The number of amides is 1. The first-order chi connectivity index (χ1) is 14.0. The Morgan fingerprint density at radius 3 is 2.69 bits per heavy atom. The standard InChI is InChI=1S/C20H12Cl3N3O3/c1-28-17-13(7-10(21)8-15(17)23)19(27)25-11-4-5-14(22)12(9-11)20-26-18-16(29-20)3-2-6-24-18/h2-9H,1H3,(H,25,27). The number of aromatic nitrogens is 2. The normalized spacial score (nSPS) is 10.9. The van der Waals surface area contributed by atoms with E-state index in [1.807, 2.05) is 0 Å². The van der Waals surface area contributed by atoms with E-state index in [1.54, 1.807) is 36.5 Å². The van der Waals surface area contributed by atoms with E-state index in [4.69, 9.17) is 44.0 Å². The summed E-state index contributed by atoms with van der Waals surface area (Å²) >= 11 is 18.5. The van der Waals surface area contributed by atoms with Gasteiger partial charge in [-0.05, 0) is 42.5 Å². The highest BCUT2D eigenvalue weighted by Gasteiger charge is 2.18. The average Bonchev–Trinajstić information content (AvgIpc) is 3.12. The Morgan fingerprint density at radius 2 is 1.93 bits per heavy atom. The Morgan fingerprint density at radius 1 is 1.10 bits per heavy atom. The van der Waals surface area contributed by atoms with Crippen LogP contribution in [0.1, 0.15) is 10.4 Å². The lowest BCUT2D eigenvalue weighted by atomic mass is 10.1. The fraction of sp³-hybridized carbons (Fsp3) is 0.0500. The van der Waals surface area contributed by atoms with Crippen LogP contribution in [0.3, 0.4) is 0 Å². The van der Waals surface area contributed by atoms with Gasteiger partial charge >= 0.3 is 0 Å². The molecule has 0 saturated carbocycles. The zero-order valence-corrected chi connectivity index (χ0v) is 17.1. The molecule has 4 aromatic rings. The van der Waals surface area contributed by atoms with Crippen LogP contribution >= 0.6 is 34.8 Å². The number of benzene rings is 2. The fourth-order valence-corrected chi connectivity index (χ4v) is 3.55. The summed E-state index contributed by atoms with van der Waals surface area (Å²) in [5.41, 5.74) is 2.19. The van der Waals surface area contributed by atoms with Crippen LogP contribution in [0.4, 0.5) is 5.69 Å². The SMILES string of the molecule is COc1c(Cl)cc(Cl)cc1C(=O)Nc1ccc(Cl)c(-c2nc3ncccc3o2)c1. The summed E-state index contributed by atoms with van der Waals surface area (Å²) in [5, 5.41) is 3.75. The number of fused-ring (bicyclic) bond motifs is 1. The zero-order valence-electron chi connectivity index (χ0n) is 14.9. The van der Waals surface area contributed by atoms with E-state index >= 15 is 0 Å². The molecule has 0 unspecified atom stereocenters. The molecule has 0 fully saturated rings. The van der Waals surface area contributed by atoms with Crippen molar-refractivity contribution in [2.24, 2.45) is 0 Å². The Labute approximate surface area is 180 Å². The first-order valence-electron chi connectivity index (χ1n) is 8.32. The van der Waals surface area contributed by atoms with E-state index in [0.717, 1.165) is 0 Å². The van der Waals surface area contributed by atoms with Crippen LogP contribution in [0.5, 0.6) is 5.75 Å². The molecule has 0 aliphatic heterocycles. The predicted octanol–water partition coefficient (Wildman–Crippen LogP) is 6.11. The minimum atomic E-state index is -0.446. The highest BCUT2D eigenvalue weighted by molar-refractivity contribution is 6.36. The number of nitrogens with zero attached hydrogens (tertiary/aromatic N) is 2. The van der Waals surface area contributed by atoms with Gasteiger partial charge in [0.15, 0.2) is 11.2 Å². The van der Waals surface area contributed by atoms with E-state index in [-0.39, 0.29) is 16.3 Å². The average molecular weight is 449 g/mol. The molecule has 0 saturated heterocycles. The van der Waals surface area contributed by atoms with Crippen LogP contribution in [0.15, 0.2) is 53.1 Å². The Kier molecular flexibility index (Phi) is 5.32. The summed E-state index contributed by atoms with van der Waals surface area (Å²) in [5.74, 6) is 0.0784. The number of methoxy groups -OCH3 is 1. The summed E-state index contributed by atoms with van der Waals surface area (Å²) in [6.07, 6.45) is 1.62. The Bertz CT molecular complexity index is 1210. The second kappa shape index (κ2) is 7.91. The lowest BCUT2D eigenvalue weighted by molar-refractivity contribution is 0.102. The molecule has 146 valence electrons. The predicted molar refractivity (Wildman–Crippen MR) is 113 cm³/mol. The van der Waals surface area contributed by atoms with Gasteiger partial charge in [-0.15, -0.1) is 0 Å². The summed E-state index contributed by atoms with van der Waals surface area (Å²) in [4.78, 5) is 21.3. The van der Waals surface area contributed by atoms with Crippen LogP contribution in [0.25, 0.3) is 22.7 Å². The molecule has 0 radical (unpaired) electrons. The maximum absolute atomic E-state index is 12.8. The minimum absolute atomic E-state index is 0.201. The molecule has 6 nitrogen and oxygen atoms in total. The van der Waals surface area contributed by atoms with Crippen LogP contribution < -0.4 is 10.1 Å². The van der Waals surface area contributed by atoms with Crippen molar-refractivity contribution in [2.75, 3.05) is 12.4 Å². The molecule has 2 aromatic carbocycles. The highest BCUT2D eigenvalue weighted by atomic mass is 35.5. The summed E-state index contributed by atoms with van der Waals surface area (Å²) in [6.45, 7) is 0. The van der Waals surface area contributed by atoms with E-state index in [0.29, 0.717) is 38.4 Å². The van der Waals surface area contributed by atoms with Crippen LogP contribution in [-0.2, 0) is 0 Å². The molecule has 1 amide bonds. The van der Waals surface area contributed by atoms with E-state index < -0.39 is 5.91 Å². The van der Waals surface area contributed by atoms with Crippen molar-refractivity contribution in [1.82, 2.24) is 9.97 Å². The van der Waals surface area contributed by atoms with Crippen LogP contribution in [0.2, 0.25) is 15.1 Å². The molecule has 0 aliphatic rings. The van der Waals surface area contributed by atoms with Gasteiger partial charge in [0, 0.05) is 16.9 Å². The number of halogens is 3. The summed E-state index contributed by atoms with van der Waals surface area (Å²) in [7, 11) is 1.42. The van der Waals surface area contributed by atoms with Gasteiger partial charge in [0.25, 0.3) is 5.91 Å². The number of hydrogen-bond acceptors (Lipinski definition) is 5. The van der Waals surface area contributed by atoms with Crippen molar-refractivity contribution < 1.29 is 13.9 Å². The van der Waals surface area contributed by atoms with Gasteiger partial charge in [-0.3, -0.25) is 4.79 Å². The smallest absolute Gasteiger partial charge is 0.259 e. The van der Waals surface area contributed by atoms with Gasteiger partial charge < -0.3 is 14.5 Å². The molecule has 0 spiro atoms. The molecule has 0 bridgehead atoms. The third-order valence-electron chi connectivity index (χ3n) is 4.08. The maximum atomic E-state index is 12.8. The van der Waals surface area contributed by atoms with Gasteiger partial charge in [-0.1, -0.05) is 34.8 Å². The monoisotopic (exact) mass is 447 g/mol. The van der Waals surface area contributed by atoms with Gasteiger partial charge in [0.1, 0.15) is 5.75 Å². The number of carbonyl (C=O) groups is 1. The zero-order chi connectivity index (χ0) is 20.5. The Hall–Kier alpha value is -2.80. The number of rotatable bonds is 4. The number of ether oxygens (including phenoxy) is 1. The lowest BCUT2D eigenvalue weighted by Gasteiger charge is -2.12. The van der Waals surface area contributed by atoms with Crippen molar-refractivity contribution in [3.63, 3.8) is 0 Å². The summed E-state index contributed by atoms with van der Waals surface area (Å²) < 4.78 is 11.0. The molecule has 2 heterocycles. The molecular formula is C20H12Cl3N3O3.